The van der Waals surface area contributed by atoms with Crippen LogP contribution in [0.2, 0.25) is 0 Å². The minimum Gasteiger partial charge on any atom is -0.431 e. The second kappa shape index (κ2) is 3.31. The van der Waals surface area contributed by atoms with Gasteiger partial charge in [0.2, 0.25) is 5.78 Å². The van der Waals surface area contributed by atoms with Crippen LogP contribution in [0.3, 0.4) is 0 Å². The number of aromatic nitrogens is 1. The van der Waals surface area contributed by atoms with E-state index >= 15 is 0 Å². The van der Waals surface area contributed by atoms with Gasteiger partial charge in [0.05, 0.1) is 11.6 Å². The number of benzene rings is 1. The molecule has 14 heavy (non-hydrogen) atoms. The largest absolute Gasteiger partial charge is 0.431 e. The SMILES string of the molecule is Nc1cccc2nc(C(=O)CCl)oc12. The summed E-state index contributed by atoms with van der Waals surface area (Å²) in [4.78, 5) is 15.1. The van der Waals surface area contributed by atoms with E-state index in [0.717, 1.165) is 0 Å². The van der Waals surface area contributed by atoms with Gasteiger partial charge in [0.1, 0.15) is 5.52 Å². The highest BCUT2D eigenvalue weighted by atomic mass is 35.5. The maximum atomic E-state index is 11.2. The second-order valence-corrected chi connectivity index (χ2v) is 3.04. The molecule has 0 bridgehead atoms. The Kier molecular flexibility index (Phi) is 2.13. The number of nitrogens with zero attached hydrogens (tertiary/aromatic N) is 1. The standard InChI is InChI=1S/C9H7ClN2O2/c10-4-7(13)9-12-6-3-1-2-5(11)8(6)14-9/h1-3H,4,11H2. The fraction of sp³-hybridized carbons (Fsp3) is 0.111. The fourth-order valence-corrected chi connectivity index (χ4v) is 1.26. The molecule has 0 aliphatic heterocycles. The Morgan fingerprint density at radius 1 is 1.57 bits per heavy atom. The number of anilines is 1. The van der Waals surface area contributed by atoms with E-state index in [4.69, 9.17) is 21.8 Å². The van der Waals surface area contributed by atoms with Gasteiger partial charge in [0.15, 0.2) is 5.58 Å². The van der Waals surface area contributed by atoms with Crippen molar-refractivity contribution >= 4 is 34.2 Å². The van der Waals surface area contributed by atoms with Crippen molar-refractivity contribution in [1.29, 1.82) is 0 Å². The van der Waals surface area contributed by atoms with Crippen LogP contribution in [0.5, 0.6) is 0 Å². The van der Waals surface area contributed by atoms with Crippen LogP contribution in [0, 0.1) is 0 Å². The third-order valence-corrected chi connectivity index (χ3v) is 2.05. The Morgan fingerprint density at radius 2 is 2.36 bits per heavy atom. The van der Waals surface area contributed by atoms with Gasteiger partial charge in [-0.25, -0.2) is 4.98 Å². The molecule has 0 atom stereocenters. The minimum atomic E-state index is -0.345. The number of rotatable bonds is 2. The summed E-state index contributed by atoms with van der Waals surface area (Å²) in [5.74, 6) is -0.484. The van der Waals surface area contributed by atoms with Gasteiger partial charge in [-0.3, -0.25) is 4.79 Å². The molecule has 2 N–H and O–H groups in total. The first-order valence-corrected chi connectivity index (χ1v) is 4.50. The predicted molar refractivity (Wildman–Crippen MR) is 53.5 cm³/mol. The van der Waals surface area contributed by atoms with E-state index in [1.807, 2.05) is 0 Å². The van der Waals surface area contributed by atoms with E-state index in [2.05, 4.69) is 4.98 Å². The summed E-state index contributed by atoms with van der Waals surface area (Å²) in [6, 6.07) is 5.15. The molecule has 0 amide bonds. The van der Waals surface area contributed by atoms with Crippen molar-refractivity contribution in [3.63, 3.8) is 0 Å². The topological polar surface area (TPSA) is 69.1 Å². The molecule has 2 aromatic rings. The van der Waals surface area contributed by atoms with Crippen LogP contribution in [0.4, 0.5) is 5.69 Å². The van der Waals surface area contributed by atoms with Crippen LogP contribution in [0.25, 0.3) is 11.1 Å². The fourth-order valence-electron chi connectivity index (χ4n) is 1.15. The number of carbonyl (C=O) groups excluding carboxylic acids is 1. The number of fused-ring (bicyclic) bond motifs is 1. The zero-order valence-electron chi connectivity index (χ0n) is 7.16. The molecule has 1 aromatic heterocycles. The quantitative estimate of drug-likeness (QED) is 0.467. The van der Waals surface area contributed by atoms with Gasteiger partial charge in [0, 0.05) is 0 Å². The van der Waals surface area contributed by atoms with Crippen molar-refractivity contribution in [2.24, 2.45) is 0 Å². The normalized spacial score (nSPS) is 10.6. The van der Waals surface area contributed by atoms with E-state index in [1.54, 1.807) is 18.2 Å². The van der Waals surface area contributed by atoms with Crippen molar-refractivity contribution < 1.29 is 9.21 Å². The van der Waals surface area contributed by atoms with Crippen molar-refractivity contribution in [1.82, 2.24) is 4.98 Å². The van der Waals surface area contributed by atoms with Crippen LogP contribution < -0.4 is 5.73 Å². The van der Waals surface area contributed by atoms with Gasteiger partial charge in [-0.1, -0.05) is 6.07 Å². The molecule has 0 saturated heterocycles. The molecule has 0 radical (unpaired) electrons. The second-order valence-electron chi connectivity index (χ2n) is 2.77. The summed E-state index contributed by atoms with van der Waals surface area (Å²) in [6.45, 7) is 0. The third kappa shape index (κ3) is 1.33. The number of alkyl halides is 1. The average Bonchev–Trinajstić information content (AvgIpc) is 2.62. The Labute approximate surface area is 84.7 Å². The molecule has 0 saturated carbocycles. The Bertz CT molecular complexity index is 493. The van der Waals surface area contributed by atoms with Gasteiger partial charge in [-0.05, 0) is 12.1 Å². The molecular weight excluding hydrogens is 204 g/mol. The van der Waals surface area contributed by atoms with Gasteiger partial charge >= 0.3 is 0 Å². The molecule has 4 nitrogen and oxygen atoms in total. The zero-order chi connectivity index (χ0) is 10.1. The number of ketones is 1. The number of Topliss-reactive ketones (excluding diaryl/α,β-unsaturated/α-hetero) is 1. The molecule has 0 unspecified atom stereocenters. The highest BCUT2D eigenvalue weighted by Gasteiger charge is 2.13. The third-order valence-electron chi connectivity index (χ3n) is 1.81. The number of halogens is 1. The molecule has 0 aliphatic rings. The van der Waals surface area contributed by atoms with Gasteiger partial charge in [-0.2, -0.15) is 0 Å². The van der Waals surface area contributed by atoms with Gasteiger partial charge in [-0.15, -0.1) is 11.6 Å². The van der Waals surface area contributed by atoms with Crippen LogP contribution in [0.15, 0.2) is 22.6 Å². The minimum absolute atomic E-state index is 0.00731. The van der Waals surface area contributed by atoms with E-state index in [9.17, 15) is 4.79 Å². The van der Waals surface area contributed by atoms with Crippen molar-refractivity contribution in [3.8, 4) is 0 Å². The van der Waals surface area contributed by atoms with Crippen molar-refractivity contribution in [2.75, 3.05) is 11.6 Å². The van der Waals surface area contributed by atoms with Crippen LogP contribution in [-0.2, 0) is 0 Å². The lowest BCUT2D eigenvalue weighted by Crippen LogP contribution is -1.99. The zero-order valence-corrected chi connectivity index (χ0v) is 7.91. The van der Waals surface area contributed by atoms with Crippen LogP contribution in [0.1, 0.15) is 10.7 Å². The first kappa shape index (κ1) is 9.02. The summed E-state index contributed by atoms with van der Waals surface area (Å²) < 4.78 is 5.18. The lowest BCUT2D eigenvalue weighted by atomic mass is 10.3. The first-order chi connectivity index (χ1) is 6.72. The van der Waals surface area contributed by atoms with Crippen LogP contribution in [-0.4, -0.2) is 16.6 Å². The summed E-state index contributed by atoms with van der Waals surface area (Å²) >= 11 is 5.37. The predicted octanol–water partition coefficient (Wildman–Crippen LogP) is 1.83. The number of hydrogen-bond donors (Lipinski definition) is 1. The molecule has 0 fully saturated rings. The Hall–Kier alpha value is -1.55. The van der Waals surface area contributed by atoms with E-state index < -0.39 is 0 Å². The van der Waals surface area contributed by atoms with E-state index in [-0.39, 0.29) is 17.6 Å². The summed E-state index contributed by atoms with van der Waals surface area (Å²) in [7, 11) is 0. The molecular formula is C9H7ClN2O2. The number of carbonyl (C=O) groups is 1. The maximum Gasteiger partial charge on any atom is 0.265 e. The number of nitrogens with two attached hydrogens (primary N) is 1. The van der Waals surface area contributed by atoms with Gasteiger partial charge < -0.3 is 10.2 Å². The first-order valence-electron chi connectivity index (χ1n) is 3.96. The van der Waals surface area contributed by atoms with Crippen LogP contribution >= 0.6 is 11.6 Å². The molecule has 72 valence electrons. The molecule has 1 aromatic carbocycles. The molecule has 0 aliphatic carbocycles. The number of hydrogen-bond acceptors (Lipinski definition) is 4. The van der Waals surface area contributed by atoms with Crippen molar-refractivity contribution in [3.05, 3.63) is 24.1 Å². The van der Waals surface area contributed by atoms with Crippen molar-refractivity contribution in [2.45, 2.75) is 0 Å². The van der Waals surface area contributed by atoms with Gasteiger partial charge in [0.25, 0.3) is 5.89 Å². The maximum absolute atomic E-state index is 11.2. The monoisotopic (exact) mass is 210 g/mol. The summed E-state index contributed by atoms with van der Waals surface area (Å²) in [6.07, 6.45) is 0. The molecule has 1 heterocycles. The highest BCUT2D eigenvalue weighted by Crippen LogP contribution is 2.21. The van der Waals surface area contributed by atoms with E-state index in [1.165, 1.54) is 0 Å². The lowest BCUT2D eigenvalue weighted by Gasteiger charge is -1.90. The number of nitrogen functional groups attached to an aromatic ring is 1. The summed E-state index contributed by atoms with van der Waals surface area (Å²) in [5.41, 5.74) is 7.09. The number of oxazole rings is 1. The Balaban J connectivity index is 2.62. The summed E-state index contributed by atoms with van der Waals surface area (Å²) in [5, 5.41) is 0. The number of para-hydroxylation sites is 1. The highest BCUT2D eigenvalue weighted by molar-refractivity contribution is 6.29. The molecule has 2 rings (SSSR count). The lowest BCUT2D eigenvalue weighted by molar-refractivity contribution is 0.0986. The van der Waals surface area contributed by atoms with E-state index in [0.29, 0.717) is 16.8 Å². The Morgan fingerprint density at radius 3 is 3.00 bits per heavy atom. The average molecular weight is 211 g/mol. The smallest absolute Gasteiger partial charge is 0.265 e. The molecule has 5 heteroatoms. The molecule has 0 spiro atoms.